The minimum absolute atomic E-state index is 0.0898. The van der Waals surface area contributed by atoms with Crippen LogP contribution in [0.3, 0.4) is 0 Å². The first kappa shape index (κ1) is 11.4. The minimum Gasteiger partial charge on any atom is -0.392 e. The van der Waals surface area contributed by atoms with E-state index >= 15 is 0 Å². The molecule has 1 aliphatic heterocycles. The lowest BCUT2D eigenvalue weighted by Crippen LogP contribution is -2.19. The van der Waals surface area contributed by atoms with Crippen molar-refractivity contribution < 1.29 is 9.84 Å². The van der Waals surface area contributed by atoms with E-state index < -0.39 is 0 Å². The maximum absolute atomic E-state index is 9.02. The molecule has 16 heavy (non-hydrogen) atoms. The van der Waals surface area contributed by atoms with Crippen LogP contribution in [0.1, 0.15) is 25.3 Å². The molecule has 2 N–H and O–H groups in total. The van der Waals surface area contributed by atoms with E-state index in [1.54, 1.807) is 0 Å². The Morgan fingerprint density at radius 2 is 2.31 bits per heavy atom. The topological polar surface area (TPSA) is 41.5 Å². The fourth-order valence-corrected chi connectivity index (χ4v) is 2.05. The minimum atomic E-state index is 0.0898. The van der Waals surface area contributed by atoms with Gasteiger partial charge in [0.05, 0.1) is 18.8 Å². The van der Waals surface area contributed by atoms with Crippen LogP contribution < -0.4 is 5.32 Å². The smallest absolute Gasteiger partial charge is 0.0751 e. The van der Waals surface area contributed by atoms with E-state index in [4.69, 9.17) is 9.84 Å². The number of ether oxygens (including phenoxy) is 1. The Bertz CT molecular complexity index is 340. The third-order valence-corrected chi connectivity index (χ3v) is 2.96. The molecule has 3 nitrogen and oxygen atoms in total. The van der Waals surface area contributed by atoms with Crippen LogP contribution in [0.4, 0.5) is 5.69 Å². The van der Waals surface area contributed by atoms with Gasteiger partial charge in [0.15, 0.2) is 0 Å². The van der Waals surface area contributed by atoms with E-state index in [1.807, 2.05) is 24.3 Å². The van der Waals surface area contributed by atoms with E-state index in [9.17, 15) is 0 Å². The van der Waals surface area contributed by atoms with Crippen LogP contribution in [-0.2, 0) is 11.3 Å². The van der Waals surface area contributed by atoms with E-state index in [0.717, 1.165) is 30.6 Å². The first-order valence-electron chi connectivity index (χ1n) is 5.87. The highest BCUT2D eigenvalue weighted by molar-refractivity contribution is 5.45. The molecule has 2 atom stereocenters. The van der Waals surface area contributed by atoms with Gasteiger partial charge in [-0.05, 0) is 37.5 Å². The third-order valence-electron chi connectivity index (χ3n) is 2.96. The van der Waals surface area contributed by atoms with Gasteiger partial charge in [0, 0.05) is 12.2 Å². The van der Waals surface area contributed by atoms with E-state index in [1.165, 1.54) is 0 Å². The highest BCUT2D eigenvalue weighted by Gasteiger charge is 2.21. The average molecular weight is 221 g/mol. The molecule has 0 bridgehead atoms. The van der Waals surface area contributed by atoms with Crippen LogP contribution in [0, 0.1) is 0 Å². The summed E-state index contributed by atoms with van der Waals surface area (Å²) < 4.78 is 5.73. The number of benzene rings is 1. The fraction of sp³-hybridized carbons (Fsp3) is 0.538. The molecule has 0 aromatic heterocycles. The van der Waals surface area contributed by atoms with Gasteiger partial charge >= 0.3 is 0 Å². The molecule has 0 aliphatic carbocycles. The molecule has 1 aliphatic rings. The predicted molar refractivity (Wildman–Crippen MR) is 64.4 cm³/mol. The molecule has 1 heterocycles. The summed E-state index contributed by atoms with van der Waals surface area (Å²) in [5.74, 6) is 0. The van der Waals surface area contributed by atoms with Crippen molar-refractivity contribution in [2.75, 3.05) is 11.9 Å². The molecule has 0 radical (unpaired) electrons. The lowest BCUT2D eigenvalue weighted by atomic mass is 10.2. The largest absolute Gasteiger partial charge is 0.392 e. The molecule has 88 valence electrons. The van der Waals surface area contributed by atoms with Crippen molar-refractivity contribution in [2.24, 2.45) is 0 Å². The van der Waals surface area contributed by atoms with E-state index in [-0.39, 0.29) is 6.61 Å². The fourth-order valence-electron chi connectivity index (χ4n) is 2.05. The molecule has 2 unspecified atom stereocenters. The second-order valence-electron chi connectivity index (χ2n) is 4.39. The molecule has 2 rings (SSSR count). The number of anilines is 1. The van der Waals surface area contributed by atoms with Crippen molar-refractivity contribution in [1.29, 1.82) is 0 Å². The Kier molecular flexibility index (Phi) is 3.80. The summed E-state index contributed by atoms with van der Waals surface area (Å²) in [7, 11) is 0. The number of nitrogens with one attached hydrogen (secondary N) is 1. The number of hydrogen-bond acceptors (Lipinski definition) is 3. The summed E-state index contributed by atoms with van der Waals surface area (Å²) >= 11 is 0. The highest BCUT2D eigenvalue weighted by atomic mass is 16.5. The number of hydrogen-bond donors (Lipinski definition) is 2. The summed E-state index contributed by atoms with van der Waals surface area (Å²) in [4.78, 5) is 0. The molecule has 1 fully saturated rings. The van der Waals surface area contributed by atoms with Crippen LogP contribution >= 0.6 is 0 Å². The molecule has 0 amide bonds. The van der Waals surface area contributed by atoms with Gasteiger partial charge in [0.25, 0.3) is 0 Å². The number of aliphatic hydroxyl groups is 1. The average Bonchev–Trinajstić information content (AvgIpc) is 2.73. The number of aliphatic hydroxyl groups excluding tert-OH is 1. The second kappa shape index (κ2) is 5.32. The third kappa shape index (κ3) is 2.97. The van der Waals surface area contributed by atoms with Crippen LogP contribution in [0.5, 0.6) is 0 Å². The van der Waals surface area contributed by atoms with E-state index in [0.29, 0.717) is 12.2 Å². The predicted octanol–water partition coefficient (Wildman–Crippen LogP) is 2.16. The zero-order valence-corrected chi connectivity index (χ0v) is 9.65. The van der Waals surface area contributed by atoms with Gasteiger partial charge in [-0.1, -0.05) is 12.1 Å². The molecule has 1 aromatic rings. The highest BCUT2D eigenvalue weighted by Crippen LogP contribution is 2.19. The Morgan fingerprint density at radius 1 is 1.44 bits per heavy atom. The van der Waals surface area contributed by atoms with Crippen LogP contribution in [-0.4, -0.2) is 23.9 Å². The molecule has 3 heteroatoms. The second-order valence-corrected chi connectivity index (χ2v) is 4.39. The van der Waals surface area contributed by atoms with Gasteiger partial charge in [-0.3, -0.25) is 0 Å². The van der Waals surface area contributed by atoms with Gasteiger partial charge in [-0.2, -0.15) is 0 Å². The van der Waals surface area contributed by atoms with Crippen LogP contribution in [0.15, 0.2) is 24.3 Å². The van der Waals surface area contributed by atoms with Crippen LogP contribution in [0.25, 0.3) is 0 Å². The lowest BCUT2D eigenvalue weighted by Gasteiger charge is -2.13. The Labute approximate surface area is 96.4 Å². The molecular formula is C13H19NO2. The Morgan fingerprint density at radius 3 is 3.00 bits per heavy atom. The monoisotopic (exact) mass is 221 g/mol. The summed E-state index contributed by atoms with van der Waals surface area (Å²) in [6, 6.07) is 7.85. The van der Waals surface area contributed by atoms with Crippen LogP contribution in [0.2, 0.25) is 0 Å². The SMILES string of the molecule is CC1CCC(CNc2cccc(CO)c2)O1. The summed E-state index contributed by atoms with van der Waals surface area (Å²) in [5, 5.41) is 12.4. The van der Waals surface area contributed by atoms with Crippen molar-refractivity contribution in [3.63, 3.8) is 0 Å². The maximum Gasteiger partial charge on any atom is 0.0751 e. The van der Waals surface area contributed by atoms with Gasteiger partial charge < -0.3 is 15.2 Å². The van der Waals surface area contributed by atoms with Gasteiger partial charge in [0.2, 0.25) is 0 Å². The first-order valence-corrected chi connectivity index (χ1v) is 5.87. The Balaban J connectivity index is 1.84. The van der Waals surface area contributed by atoms with E-state index in [2.05, 4.69) is 12.2 Å². The molecule has 0 saturated carbocycles. The quantitative estimate of drug-likeness (QED) is 0.818. The number of rotatable bonds is 4. The zero-order valence-electron chi connectivity index (χ0n) is 9.65. The van der Waals surface area contributed by atoms with Crippen molar-refractivity contribution >= 4 is 5.69 Å². The lowest BCUT2D eigenvalue weighted by molar-refractivity contribution is 0.0637. The van der Waals surface area contributed by atoms with Crippen molar-refractivity contribution in [2.45, 2.75) is 38.6 Å². The molecular weight excluding hydrogens is 202 g/mol. The van der Waals surface area contributed by atoms with Gasteiger partial charge in [-0.15, -0.1) is 0 Å². The molecule has 1 saturated heterocycles. The Hall–Kier alpha value is -1.06. The van der Waals surface area contributed by atoms with Crippen molar-refractivity contribution in [3.8, 4) is 0 Å². The van der Waals surface area contributed by atoms with Crippen molar-refractivity contribution in [1.82, 2.24) is 0 Å². The summed E-state index contributed by atoms with van der Waals surface area (Å²) in [6.45, 7) is 3.05. The molecule has 1 aromatic carbocycles. The summed E-state index contributed by atoms with van der Waals surface area (Å²) in [6.07, 6.45) is 3.01. The normalized spacial score (nSPS) is 24.6. The maximum atomic E-state index is 9.02. The zero-order chi connectivity index (χ0) is 11.4. The molecule has 0 spiro atoms. The standard InChI is InChI=1S/C13H19NO2/c1-10-5-6-13(16-10)8-14-12-4-2-3-11(7-12)9-15/h2-4,7,10,13-15H,5-6,8-9H2,1H3. The first-order chi connectivity index (χ1) is 7.78. The van der Waals surface area contributed by atoms with Crippen molar-refractivity contribution in [3.05, 3.63) is 29.8 Å². The summed E-state index contributed by atoms with van der Waals surface area (Å²) in [5.41, 5.74) is 1.99. The van der Waals surface area contributed by atoms with Gasteiger partial charge in [-0.25, -0.2) is 0 Å². The van der Waals surface area contributed by atoms with Gasteiger partial charge in [0.1, 0.15) is 0 Å².